The van der Waals surface area contributed by atoms with Crippen molar-refractivity contribution in [3.05, 3.63) is 0 Å². The lowest BCUT2D eigenvalue weighted by atomic mass is 10.1. The summed E-state index contributed by atoms with van der Waals surface area (Å²) in [5.41, 5.74) is -0.464. The van der Waals surface area contributed by atoms with Crippen molar-refractivity contribution in [2.75, 3.05) is 11.9 Å². The molecule has 2 atom stereocenters. The Morgan fingerprint density at radius 1 is 1.22 bits per heavy atom. The highest BCUT2D eigenvalue weighted by Gasteiger charge is 2.44. The molecule has 1 rings (SSSR count). The van der Waals surface area contributed by atoms with E-state index in [4.69, 9.17) is 9.16 Å². The maximum atomic E-state index is 12.5. The predicted molar refractivity (Wildman–Crippen MR) is 102 cm³/mol. The average molecular weight is 408 g/mol. The van der Waals surface area contributed by atoms with Crippen LogP contribution in [0.3, 0.4) is 0 Å². The van der Waals surface area contributed by atoms with Gasteiger partial charge in [0.1, 0.15) is 5.60 Å². The summed E-state index contributed by atoms with van der Waals surface area (Å²) in [5, 5.41) is 1.06. The number of nitrogens with zero attached hydrogens (tertiary/aromatic N) is 1. The van der Waals surface area contributed by atoms with Crippen LogP contribution in [0.5, 0.6) is 0 Å². The second-order valence-electron chi connectivity index (χ2n) is 9.00. The number of carbonyl (C=O) groups excluding carboxylic acids is 1. The molecule has 0 saturated carbocycles. The largest absolute Gasteiger partial charge is 0.444 e. The lowest BCUT2D eigenvalue weighted by Gasteiger charge is -2.38. The van der Waals surface area contributed by atoms with Gasteiger partial charge in [-0.1, -0.05) is 36.7 Å². The van der Waals surface area contributed by atoms with E-state index in [1.807, 2.05) is 25.7 Å². The zero-order valence-electron chi connectivity index (χ0n) is 16.0. The van der Waals surface area contributed by atoms with E-state index in [2.05, 4.69) is 49.8 Å². The minimum Gasteiger partial charge on any atom is -0.444 e. The molecule has 1 saturated heterocycles. The number of rotatable bonds is 4. The number of hydrogen-bond donors (Lipinski definition) is 0. The summed E-state index contributed by atoms with van der Waals surface area (Å²) in [7, 11) is -1.82. The average Bonchev–Trinajstić information content (AvgIpc) is 2.68. The van der Waals surface area contributed by atoms with Crippen molar-refractivity contribution >= 4 is 30.3 Å². The van der Waals surface area contributed by atoms with E-state index < -0.39 is 13.9 Å². The van der Waals surface area contributed by atoms with Crippen LogP contribution in [0.1, 0.15) is 54.4 Å². The van der Waals surface area contributed by atoms with Gasteiger partial charge in [-0.3, -0.25) is 0 Å². The summed E-state index contributed by atoms with van der Waals surface area (Å²) in [6.07, 6.45) is 1.73. The molecular formula is C17H34BrNO3Si. The van der Waals surface area contributed by atoms with Gasteiger partial charge in [0.2, 0.25) is 0 Å². The molecule has 0 spiro atoms. The number of likely N-dealkylation sites (tertiary alicyclic amines) is 1. The number of carbonyl (C=O) groups is 1. The highest BCUT2D eigenvalue weighted by Crippen LogP contribution is 2.39. The maximum Gasteiger partial charge on any atom is 0.410 e. The van der Waals surface area contributed by atoms with E-state index in [9.17, 15) is 4.79 Å². The molecule has 1 aliphatic rings. The van der Waals surface area contributed by atoms with Gasteiger partial charge in [0.25, 0.3) is 0 Å². The van der Waals surface area contributed by atoms with Crippen LogP contribution >= 0.6 is 15.9 Å². The van der Waals surface area contributed by atoms with Crippen LogP contribution in [0.15, 0.2) is 0 Å². The van der Waals surface area contributed by atoms with Crippen molar-refractivity contribution in [3.63, 3.8) is 0 Å². The van der Waals surface area contributed by atoms with Gasteiger partial charge in [-0.2, -0.15) is 0 Å². The normalized spacial score (nSPS) is 23.3. The van der Waals surface area contributed by atoms with Crippen molar-refractivity contribution in [2.24, 2.45) is 0 Å². The molecule has 136 valence electrons. The molecule has 1 amide bonds. The monoisotopic (exact) mass is 407 g/mol. The van der Waals surface area contributed by atoms with E-state index in [1.165, 1.54) is 0 Å². The minimum absolute atomic E-state index is 0.118. The standard InChI is InChI=1S/C17H34BrNO3Si/c1-16(2,3)21-15(20)19-12-14(11-13(19)9-10-18)22-23(7,8)17(4,5)6/h13-14H,9-12H2,1-8H3/t13-,14-/m1/s1. The first kappa shape index (κ1) is 21.0. The van der Waals surface area contributed by atoms with Gasteiger partial charge >= 0.3 is 6.09 Å². The fourth-order valence-electron chi connectivity index (χ4n) is 2.50. The summed E-state index contributed by atoms with van der Waals surface area (Å²) >= 11 is 3.50. The van der Waals surface area contributed by atoms with Gasteiger partial charge < -0.3 is 14.1 Å². The molecule has 0 aromatic carbocycles. The molecule has 0 bridgehead atoms. The first-order valence-corrected chi connectivity index (χ1v) is 12.5. The van der Waals surface area contributed by atoms with Crippen LogP contribution in [0.4, 0.5) is 4.79 Å². The molecule has 1 fully saturated rings. The summed E-state index contributed by atoms with van der Waals surface area (Å²) in [4.78, 5) is 14.4. The molecule has 4 nitrogen and oxygen atoms in total. The summed E-state index contributed by atoms with van der Waals surface area (Å²) in [6, 6.07) is 0.194. The van der Waals surface area contributed by atoms with Gasteiger partial charge in [-0.25, -0.2) is 4.79 Å². The molecule has 0 aromatic heterocycles. The SMILES string of the molecule is CC(C)(C)OC(=O)N1C[C@H](O[Si](C)(C)C(C)(C)C)C[C@H]1CCBr. The predicted octanol–water partition coefficient (Wildman–Crippen LogP) is 5.17. The molecule has 23 heavy (non-hydrogen) atoms. The zero-order valence-corrected chi connectivity index (χ0v) is 18.6. The Morgan fingerprint density at radius 3 is 2.22 bits per heavy atom. The number of amides is 1. The summed E-state index contributed by atoms with van der Waals surface area (Å²) in [6.45, 7) is 17.6. The maximum absolute atomic E-state index is 12.5. The van der Waals surface area contributed by atoms with E-state index in [-0.39, 0.29) is 23.3 Å². The van der Waals surface area contributed by atoms with Crippen LogP contribution in [0, 0.1) is 0 Å². The molecule has 0 unspecified atom stereocenters. The van der Waals surface area contributed by atoms with E-state index >= 15 is 0 Å². The molecule has 0 aliphatic carbocycles. The van der Waals surface area contributed by atoms with Crippen molar-refractivity contribution in [2.45, 2.75) is 90.3 Å². The van der Waals surface area contributed by atoms with Crippen LogP contribution in [0.2, 0.25) is 18.1 Å². The van der Waals surface area contributed by atoms with Gasteiger partial charge in [0.15, 0.2) is 8.32 Å². The third-order valence-corrected chi connectivity index (χ3v) is 9.71. The quantitative estimate of drug-likeness (QED) is 0.476. The summed E-state index contributed by atoms with van der Waals surface area (Å²) in [5.74, 6) is 0. The first-order valence-electron chi connectivity index (χ1n) is 8.50. The third-order valence-electron chi connectivity index (χ3n) is 4.71. The fourth-order valence-corrected chi connectivity index (χ4v) is 4.38. The molecule has 0 radical (unpaired) electrons. The van der Waals surface area contributed by atoms with Crippen molar-refractivity contribution < 1.29 is 14.0 Å². The van der Waals surface area contributed by atoms with E-state index in [0.29, 0.717) is 6.54 Å². The molecule has 0 N–H and O–H groups in total. The van der Waals surface area contributed by atoms with Crippen LogP contribution in [-0.2, 0) is 9.16 Å². The number of ether oxygens (including phenoxy) is 1. The number of halogens is 1. The summed E-state index contributed by atoms with van der Waals surface area (Å²) < 4.78 is 12.1. The molecular weight excluding hydrogens is 374 g/mol. The Hall–Kier alpha value is -0.0731. The Morgan fingerprint density at radius 2 is 1.78 bits per heavy atom. The van der Waals surface area contributed by atoms with E-state index in [1.54, 1.807) is 0 Å². The van der Waals surface area contributed by atoms with Gasteiger partial charge in [-0.15, -0.1) is 0 Å². The second-order valence-corrected chi connectivity index (χ2v) is 14.5. The second kappa shape index (κ2) is 7.44. The van der Waals surface area contributed by atoms with Crippen molar-refractivity contribution in [1.29, 1.82) is 0 Å². The molecule has 1 aliphatic heterocycles. The van der Waals surface area contributed by atoms with Gasteiger partial charge in [0, 0.05) is 17.9 Å². The van der Waals surface area contributed by atoms with Crippen molar-refractivity contribution in [1.82, 2.24) is 4.90 Å². The Kier molecular flexibility index (Phi) is 6.78. The minimum atomic E-state index is -1.82. The van der Waals surface area contributed by atoms with Crippen LogP contribution < -0.4 is 0 Å². The molecule has 6 heteroatoms. The third kappa shape index (κ3) is 6.05. The fraction of sp³-hybridized carbons (Fsp3) is 0.941. The first-order chi connectivity index (χ1) is 10.3. The van der Waals surface area contributed by atoms with Crippen LogP contribution in [0.25, 0.3) is 0 Å². The van der Waals surface area contributed by atoms with E-state index in [0.717, 1.165) is 18.2 Å². The zero-order chi connectivity index (χ0) is 18.1. The van der Waals surface area contributed by atoms with Gasteiger partial charge in [-0.05, 0) is 51.7 Å². The van der Waals surface area contributed by atoms with Crippen molar-refractivity contribution in [3.8, 4) is 0 Å². The highest BCUT2D eigenvalue weighted by atomic mass is 79.9. The smallest absolute Gasteiger partial charge is 0.410 e. The van der Waals surface area contributed by atoms with Gasteiger partial charge in [0.05, 0.1) is 6.10 Å². The topological polar surface area (TPSA) is 38.8 Å². The Bertz CT molecular complexity index is 415. The molecule has 1 heterocycles. The Labute approximate surface area is 151 Å². The number of alkyl halides is 1. The Balaban J connectivity index is 2.80. The number of hydrogen-bond acceptors (Lipinski definition) is 3. The molecule has 0 aromatic rings. The van der Waals surface area contributed by atoms with Crippen LogP contribution in [-0.4, -0.2) is 48.9 Å². The lowest BCUT2D eigenvalue weighted by molar-refractivity contribution is 0.0209. The lowest BCUT2D eigenvalue weighted by Crippen LogP contribution is -2.45. The highest BCUT2D eigenvalue weighted by molar-refractivity contribution is 9.09.